The molecule has 40 heavy (non-hydrogen) atoms. The molecular weight excluding hydrogens is 522 g/mol. The summed E-state index contributed by atoms with van der Waals surface area (Å²) in [6.07, 6.45) is -1.05. The molecule has 0 saturated heterocycles. The van der Waals surface area contributed by atoms with Crippen molar-refractivity contribution in [3.05, 3.63) is 23.8 Å². The molecule has 0 aliphatic heterocycles. The Morgan fingerprint density at radius 2 is 1.38 bits per heavy atom. The zero-order valence-electron chi connectivity index (χ0n) is 25.1. The van der Waals surface area contributed by atoms with Crippen LogP contribution in [0, 0.1) is 5.92 Å². The van der Waals surface area contributed by atoms with Crippen molar-refractivity contribution < 1.29 is 48.0 Å². The minimum Gasteiger partial charge on any atom is -0.480 e. The maximum Gasteiger partial charge on any atom is 0.514 e. The molecule has 0 amide bonds. The van der Waals surface area contributed by atoms with Crippen LogP contribution in [0.4, 0.5) is 9.59 Å². The molecule has 3 N–H and O–H groups in total. The van der Waals surface area contributed by atoms with Crippen LogP contribution in [-0.2, 0) is 23.8 Å². The molecule has 1 aromatic carbocycles. The number of hydrogen-bond donors (Lipinski definition) is 2. The van der Waals surface area contributed by atoms with Gasteiger partial charge < -0.3 is 34.5 Å². The Balaban J connectivity index is 3.44. The van der Waals surface area contributed by atoms with E-state index >= 15 is 0 Å². The molecule has 1 rings (SSSR count). The largest absolute Gasteiger partial charge is 0.514 e. The number of rotatable bonds is 14. The molecule has 0 aliphatic carbocycles. The average molecular weight is 568 g/mol. The Morgan fingerprint density at radius 1 is 0.875 bits per heavy atom. The third kappa shape index (κ3) is 11.0. The van der Waals surface area contributed by atoms with Gasteiger partial charge in [-0.15, -0.1) is 0 Å². The topological polar surface area (TPSA) is 161 Å². The number of esters is 1. The highest BCUT2D eigenvalue weighted by Crippen LogP contribution is 2.35. The van der Waals surface area contributed by atoms with Crippen molar-refractivity contribution in [1.29, 1.82) is 0 Å². The van der Waals surface area contributed by atoms with Crippen molar-refractivity contribution in [2.24, 2.45) is 11.7 Å². The number of carboxylic acid groups (broad SMARTS) is 1. The molecule has 0 spiro atoms. The molecule has 0 fully saturated rings. The van der Waals surface area contributed by atoms with Crippen LogP contribution in [0.5, 0.6) is 11.5 Å². The van der Waals surface area contributed by atoms with Gasteiger partial charge in [-0.1, -0.05) is 33.8 Å². The molecule has 0 radical (unpaired) electrons. The van der Waals surface area contributed by atoms with Crippen LogP contribution in [-0.4, -0.2) is 52.7 Å². The third-order valence-electron chi connectivity index (χ3n) is 6.84. The lowest BCUT2D eigenvalue weighted by Gasteiger charge is -2.26. The molecule has 0 saturated carbocycles. The van der Waals surface area contributed by atoms with E-state index in [-0.39, 0.29) is 23.8 Å². The normalized spacial score (nSPS) is 14.8. The van der Waals surface area contributed by atoms with Crippen molar-refractivity contribution in [3.63, 3.8) is 0 Å². The summed E-state index contributed by atoms with van der Waals surface area (Å²) in [5.41, 5.74) is 4.76. The van der Waals surface area contributed by atoms with Gasteiger partial charge in [-0.25, -0.2) is 9.59 Å². The molecule has 11 nitrogen and oxygen atoms in total. The highest BCUT2D eigenvalue weighted by Gasteiger charge is 2.32. The van der Waals surface area contributed by atoms with E-state index in [1.807, 2.05) is 20.8 Å². The lowest BCUT2D eigenvalue weighted by molar-refractivity contribution is -0.153. The van der Waals surface area contributed by atoms with E-state index in [2.05, 4.69) is 0 Å². The molecule has 1 aromatic rings. The molecule has 11 heteroatoms. The highest BCUT2D eigenvalue weighted by molar-refractivity contribution is 5.75. The number of carboxylic acids is 1. The number of carbonyl (C=O) groups excluding carboxylic acids is 3. The number of nitrogens with two attached hydrogens (primary N) is 1. The van der Waals surface area contributed by atoms with E-state index in [0.29, 0.717) is 24.8 Å². The first-order valence-corrected chi connectivity index (χ1v) is 13.6. The number of benzene rings is 1. The maximum absolute atomic E-state index is 12.6. The maximum atomic E-state index is 12.6. The van der Waals surface area contributed by atoms with Crippen molar-refractivity contribution in [3.8, 4) is 11.5 Å². The van der Waals surface area contributed by atoms with Gasteiger partial charge in [0.05, 0.1) is 12.0 Å². The van der Waals surface area contributed by atoms with Crippen LogP contribution < -0.4 is 15.2 Å². The summed E-state index contributed by atoms with van der Waals surface area (Å²) in [6, 6.07) is 2.81. The second-order valence-electron chi connectivity index (χ2n) is 11.1. The van der Waals surface area contributed by atoms with E-state index in [4.69, 9.17) is 29.4 Å². The second kappa shape index (κ2) is 14.9. The number of aliphatic carboxylic acids is 1. The van der Waals surface area contributed by atoms with Crippen LogP contribution in [0.3, 0.4) is 0 Å². The van der Waals surface area contributed by atoms with Crippen molar-refractivity contribution >= 4 is 24.2 Å². The quantitative estimate of drug-likeness (QED) is 0.155. The van der Waals surface area contributed by atoms with Crippen LogP contribution in [0.15, 0.2) is 18.2 Å². The summed E-state index contributed by atoms with van der Waals surface area (Å²) in [6.45, 7) is 15.8. The first kappa shape index (κ1) is 34.7. The summed E-state index contributed by atoms with van der Waals surface area (Å²) in [5, 5.41) is 9.69. The van der Waals surface area contributed by atoms with Gasteiger partial charge in [0.1, 0.15) is 17.2 Å². The summed E-state index contributed by atoms with van der Waals surface area (Å²) >= 11 is 0. The fraction of sp³-hybridized carbons (Fsp3) is 0.655. The molecule has 3 unspecified atom stereocenters. The molecule has 0 aromatic heterocycles. The standard InChI is InChI=1S/C29H45NO10/c1-10-17(4)25(33)36-18(5)15-20(23(30)24(31)32)19-13-14-21(37-26(34)39-28(6,7)11-2)22(16-19)38-27(35)40-29(8,9)12-3/h13-14,16-18,20,23H,10-12,15,30H2,1-9H3,(H,31,32)/t17?,18?,20?,23-/m0/s1. The Morgan fingerprint density at radius 3 is 1.82 bits per heavy atom. The first-order chi connectivity index (χ1) is 18.4. The predicted molar refractivity (Wildman–Crippen MR) is 147 cm³/mol. The fourth-order valence-corrected chi connectivity index (χ4v) is 3.29. The Hall–Kier alpha value is -3.34. The predicted octanol–water partition coefficient (Wildman–Crippen LogP) is 5.96. The fourth-order valence-electron chi connectivity index (χ4n) is 3.29. The minimum absolute atomic E-state index is 0.0648. The van der Waals surface area contributed by atoms with Crippen LogP contribution >= 0.6 is 0 Å². The van der Waals surface area contributed by atoms with Gasteiger partial charge >= 0.3 is 24.2 Å². The lowest BCUT2D eigenvalue weighted by Crippen LogP contribution is -2.38. The zero-order chi connectivity index (χ0) is 30.8. The number of hydrogen-bond acceptors (Lipinski definition) is 10. The van der Waals surface area contributed by atoms with E-state index < -0.39 is 53.5 Å². The summed E-state index contributed by atoms with van der Waals surface area (Å²) in [4.78, 5) is 49.3. The van der Waals surface area contributed by atoms with Gasteiger partial charge in [-0.3, -0.25) is 9.59 Å². The van der Waals surface area contributed by atoms with E-state index in [1.165, 1.54) is 18.2 Å². The van der Waals surface area contributed by atoms with Gasteiger partial charge in [0.25, 0.3) is 0 Å². The average Bonchev–Trinajstić information content (AvgIpc) is 2.86. The van der Waals surface area contributed by atoms with Gasteiger partial charge in [-0.05, 0) is 78.0 Å². The molecule has 226 valence electrons. The number of carbonyl (C=O) groups is 4. The molecule has 4 atom stereocenters. The second-order valence-corrected chi connectivity index (χ2v) is 11.1. The SMILES string of the molecule is CCC(C)C(=O)OC(C)CC(c1ccc(OC(=O)OC(C)(C)CC)c(OC(=O)OC(C)(C)CC)c1)[C@H](N)C(=O)O. The molecule has 0 heterocycles. The summed E-state index contributed by atoms with van der Waals surface area (Å²) in [5.74, 6) is -3.20. The molecule has 0 aliphatic rings. The molecular formula is C29H45NO10. The van der Waals surface area contributed by atoms with Gasteiger partial charge in [0.15, 0.2) is 11.5 Å². The Bertz CT molecular complexity index is 1040. The Kier molecular flexibility index (Phi) is 12.9. The van der Waals surface area contributed by atoms with Crippen LogP contribution in [0.25, 0.3) is 0 Å². The molecule has 0 bridgehead atoms. The minimum atomic E-state index is -1.38. The van der Waals surface area contributed by atoms with Gasteiger partial charge in [0.2, 0.25) is 0 Å². The summed E-state index contributed by atoms with van der Waals surface area (Å²) < 4.78 is 27.0. The van der Waals surface area contributed by atoms with Crippen molar-refractivity contribution in [2.75, 3.05) is 0 Å². The highest BCUT2D eigenvalue weighted by atomic mass is 16.8. The van der Waals surface area contributed by atoms with E-state index in [1.54, 1.807) is 41.5 Å². The van der Waals surface area contributed by atoms with Crippen LogP contribution in [0.1, 0.15) is 99.5 Å². The van der Waals surface area contributed by atoms with Crippen molar-refractivity contribution in [1.82, 2.24) is 0 Å². The number of ether oxygens (including phenoxy) is 5. The van der Waals surface area contributed by atoms with Crippen molar-refractivity contribution in [2.45, 2.75) is 117 Å². The Labute approximate surface area is 236 Å². The zero-order valence-corrected chi connectivity index (χ0v) is 25.1. The van der Waals surface area contributed by atoms with Gasteiger partial charge in [-0.2, -0.15) is 0 Å². The lowest BCUT2D eigenvalue weighted by atomic mass is 9.87. The van der Waals surface area contributed by atoms with E-state index in [9.17, 15) is 24.3 Å². The summed E-state index contributed by atoms with van der Waals surface area (Å²) in [7, 11) is 0. The smallest absolute Gasteiger partial charge is 0.480 e. The monoisotopic (exact) mass is 567 g/mol. The third-order valence-corrected chi connectivity index (χ3v) is 6.84. The first-order valence-electron chi connectivity index (χ1n) is 13.6. The van der Waals surface area contributed by atoms with Crippen LogP contribution in [0.2, 0.25) is 0 Å². The van der Waals surface area contributed by atoms with E-state index in [0.717, 1.165) is 0 Å². The van der Waals surface area contributed by atoms with Gasteiger partial charge in [0, 0.05) is 5.92 Å².